The van der Waals surface area contributed by atoms with Crippen LogP contribution in [0.5, 0.6) is 0 Å². The van der Waals surface area contributed by atoms with E-state index < -0.39 is 5.97 Å². The molecule has 0 aliphatic carbocycles. The molecule has 3 aromatic heterocycles. The number of carboxylic acid groups (broad SMARTS) is 1. The predicted molar refractivity (Wildman–Crippen MR) is 127 cm³/mol. The number of hydrogen-bond donors (Lipinski definition) is 5. The normalized spacial score (nSPS) is 11.2. The fourth-order valence-electron chi connectivity index (χ4n) is 3.84. The number of nitrogen functional groups attached to an aromatic ring is 1. The van der Waals surface area contributed by atoms with E-state index >= 15 is 0 Å². The van der Waals surface area contributed by atoms with E-state index in [4.69, 9.17) is 10.8 Å². The molecule has 0 spiro atoms. The van der Waals surface area contributed by atoms with Crippen molar-refractivity contribution in [3.63, 3.8) is 0 Å². The number of anilines is 2. The number of carbonyl (C=O) groups is 2. The number of fused-ring (bicyclic) bond motifs is 2. The minimum absolute atomic E-state index is 0.0786. The highest BCUT2D eigenvalue weighted by atomic mass is 16.4. The Morgan fingerprint density at radius 3 is 2.73 bits per heavy atom. The van der Waals surface area contributed by atoms with Gasteiger partial charge in [0.25, 0.3) is 0 Å². The van der Waals surface area contributed by atoms with E-state index in [0.717, 1.165) is 44.3 Å². The highest BCUT2D eigenvalue weighted by Gasteiger charge is 2.13. The number of nitrogens with one attached hydrogen (secondary N) is 3. The van der Waals surface area contributed by atoms with E-state index in [-0.39, 0.29) is 18.7 Å². The van der Waals surface area contributed by atoms with Crippen LogP contribution in [0.3, 0.4) is 0 Å². The summed E-state index contributed by atoms with van der Waals surface area (Å²) in [6, 6.07) is 17.3. The number of carbonyl (C=O) groups excluding carboxylic acids is 1. The highest BCUT2D eigenvalue weighted by molar-refractivity contribution is 6.00. The van der Waals surface area contributed by atoms with Gasteiger partial charge in [0.15, 0.2) is 5.82 Å². The molecule has 5 aromatic rings. The Morgan fingerprint density at radius 1 is 1.00 bits per heavy atom. The van der Waals surface area contributed by atoms with Crippen LogP contribution >= 0.6 is 0 Å². The number of aliphatic carboxylic acids is 1. The van der Waals surface area contributed by atoms with Crippen molar-refractivity contribution in [1.29, 1.82) is 0 Å². The zero-order valence-electron chi connectivity index (χ0n) is 17.4. The van der Waals surface area contributed by atoms with E-state index in [0.29, 0.717) is 11.5 Å². The second-order valence-corrected chi connectivity index (χ2v) is 7.70. The van der Waals surface area contributed by atoms with Crippen LogP contribution in [0.15, 0.2) is 60.8 Å². The Kier molecular flexibility index (Phi) is 4.98. The predicted octanol–water partition coefficient (Wildman–Crippen LogP) is 4.16. The molecule has 0 saturated carbocycles. The molecule has 9 heteroatoms. The van der Waals surface area contributed by atoms with Crippen LogP contribution in [-0.4, -0.2) is 37.1 Å². The Labute approximate surface area is 187 Å². The molecule has 164 valence electrons. The van der Waals surface area contributed by atoms with Gasteiger partial charge in [0.1, 0.15) is 5.65 Å². The number of aromatic amines is 2. The number of nitrogens with two attached hydrogens (primary N) is 1. The first kappa shape index (κ1) is 20.3. The molecule has 0 radical (unpaired) electrons. The third-order valence-corrected chi connectivity index (χ3v) is 5.46. The maximum Gasteiger partial charge on any atom is 0.303 e. The number of amides is 1. The number of pyridine rings is 1. The van der Waals surface area contributed by atoms with Crippen molar-refractivity contribution >= 4 is 45.3 Å². The summed E-state index contributed by atoms with van der Waals surface area (Å²) in [5.41, 5.74) is 11.9. The SMILES string of the molecule is Nc1n[nH]c2ccc(-c3ccnc4[nH]c(-c5cccc(NC(=O)CCC(=O)O)c5)cc34)cc12. The van der Waals surface area contributed by atoms with Crippen LogP contribution in [-0.2, 0) is 9.59 Å². The third-order valence-electron chi connectivity index (χ3n) is 5.46. The molecule has 0 unspecified atom stereocenters. The van der Waals surface area contributed by atoms with Crippen LogP contribution in [0, 0.1) is 0 Å². The van der Waals surface area contributed by atoms with Crippen LogP contribution in [0.2, 0.25) is 0 Å². The Hall–Kier alpha value is -4.66. The number of H-pyrrole nitrogens is 2. The monoisotopic (exact) mass is 440 g/mol. The quantitative estimate of drug-likeness (QED) is 0.268. The summed E-state index contributed by atoms with van der Waals surface area (Å²) in [5, 5.41) is 20.3. The molecular weight excluding hydrogens is 420 g/mol. The van der Waals surface area contributed by atoms with Gasteiger partial charge in [-0.1, -0.05) is 18.2 Å². The molecule has 2 aromatic carbocycles. The second kappa shape index (κ2) is 8.12. The van der Waals surface area contributed by atoms with Crippen molar-refractivity contribution in [2.75, 3.05) is 11.1 Å². The lowest BCUT2D eigenvalue weighted by atomic mass is 10.0. The van der Waals surface area contributed by atoms with Crippen LogP contribution < -0.4 is 11.1 Å². The molecule has 0 atom stereocenters. The highest BCUT2D eigenvalue weighted by Crippen LogP contribution is 2.34. The standard InChI is InChI=1S/C24H20N6O3/c25-23-18-11-13(4-5-19(18)29-30-23)16-8-9-26-24-17(16)12-20(28-24)14-2-1-3-15(10-14)27-21(31)6-7-22(32)33/h1-5,8-12H,6-7H2,(H,26,28)(H,27,31)(H,32,33)(H3,25,29,30). The van der Waals surface area contributed by atoms with Gasteiger partial charge in [-0.25, -0.2) is 4.98 Å². The van der Waals surface area contributed by atoms with Crippen LogP contribution in [0.4, 0.5) is 11.5 Å². The maximum atomic E-state index is 12.0. The van der Waals surface area contributed by atoms with E-state index in [9.17, 15) is 9.59 Å². The molecule has 0 saturated heterocycles. The van der Waals surface area contributed by atoms with Crippen molar-refractivity contribution in [3.05, 3.63) is 60.8 Å². The topological polar surface area (TPSA) is 150 Å². The summed E-state index contributed by atoms with van der Waals surface area (Å²) in [6.45, 7) is 0. The van der Waals surface area contributed by atoms with Gasteiger partial charge in [-0.15, -0.1) is 0 Å². The number of carboxylic acids is 1. The van der Waals surface area contributed by atoms with Crippen LogP contribution in [0.25, 0.3) is 44.3 Å². The van der Waals surface area contributed by atoms with E-state index in [1.165, 1.54) is 0 Å². The number of hydrogen-bond acceptors (Lipinski definition) is 5. The number of benzene rings is 2. The molecule has 1 amide bonds. The Balaban J connectivity index is 1.48. The fourth-order valence-corrected chi connectivity index (χ4v) is 3.84. The van der Waals surface area contributed by atoms with Gasteiger partial charge in [-0.05, 0) is 47.5 Å². The molecule has 0 aliphatic heterocycles. The third kappa shape index (κ3) is 3.99. The van der Waals surface area contributed by atoms with Crippen molar-refractivity contribution in [3.8, 4) is 22.4 Å². The van der Waals surface area contributed by atoms with Gasteiger partial charge in [0, 0.05) is 40.3 Å². The number of nitrogens with zero attached hydrogens (tertiary/aromatic N) is 2. The van der Waals surface area contributed by atoms with E-state index in [1.54, 1.807) is 12.3 Å². The lowest BCUT2D eigenvalue weighted by Gasteiger charge is -2.06. The first-order valence-electron chi connectivity index (χ1n) is 10.3. The van der Waals surface area contributed by atoms with Crippen molar-refractivity contribution < 1.29 is 14.7 Å². The summed E-state index contributed by atoms with van der Waals surface area (Å²) in [4.78, 5) is 30.5. The zero-order chi connectivity index (χ0) is 22.9. The average Bonchev–Trinajstić information content (AvgIpc) is 3.41. The zero-order valence-corrected chi connectivity index (χ0v) is 17.4. The average molecular weight is 440 g/mol. The molecular formula is C24H20N6O3. The lowest BCUT2D eigenvalue weighted by molar-refractivity contribution is -0.138. The number of rotatable bonds is 6. The van der Waals surface area contributed by atoms with Gasteiger partial charge in [-0.3, -0.25) is 14.7 Å². The smallest absolute Gasteiger partial charge is 0.303 e. The summed E-state index contributed by atoms with van der Waals surface area (Å²) >= 11 is 0. The minimum Gasteiger partial charge on any atom is -0.481 e. The number of aromatic nitrogens is 4. The first-order chi connectivity index (χ1) is 16.0. The van der Waals surface area contributed by atoms with Gasteiger partial charge in [0.2, 0.25) is 5.91 Å². The Bertz CT molecular complexity index is 1520. The summed E-state index contributed by atoms with van der Waals surface area (Å²) in [5.74, 6) is -0.895. The van der Waals surface area contributed by atoms with Gasteiger partial charge >= 0.3 is 5.97 Å². The largest absolute Gasteiger partial charge is 0.481 e. The Morgan fingerprint density at radius 2 is 1.88 bits per heavy atom. The summed E-state index contributed by atoms with van der Waals surface area (Å²) < 4.78 is 0. The first-order valence-corrected chi connectivity index (χ1v) is 10.3. The molecule has 6 N–H and O–H groups in total. The fraction of sp³-hybridized carbons (Fsp3) is 0.0833. The minimum atomic E-state index is -1.00. The molecule has 5 rings (SSSR count). The molecule has 0 bridgehead atoms. The second-order valence-electron chi connectivity index (χ2n) is 7.70. The molecule has 33 heavy (non-hydrogen) atoms. The van der Waals surface area contributed by atoms with Gasteiger partial charge in [-0.2, -0.15) is 5.10 Å². The van der Waals surface area contributed by atoms with Crippen molar-refractivity contribution in [1.82, 2.24) is 20.2 Å². The van der Waals surface area contributed by atoms with Crippen LogP contribution in [0.1, 0.15) is 12.8 Å². The molecule has 0 fully saturated rings. The lowest BCUT2D eigenvalue weighted by Crippen LogP contribution is -2.13. The molecule has 9 nitrogen and oxygen atoms in total. The van der Waals surface area contributed by atoms with Gasteiger partial charge < -0.3 is 21.1 Å². The van der Waals surface area contributed by atoms with E-state index in [1.807, 2.05) is 48.5 Å². The van der Waals surface area contributed by atoms with Crippen molar-refractivity contribution in [2.24, 2.45) is 0 Å². The summed E-state index contributed by atoms with van der Waals surface area (Å²) in [7, 11) is 0. The maximum absolute atomic E-state index is 12.0. The van der Waals surface area contributed by atoms with E-state index in [2.05, 4.69) is 25.5 Å². The summed E-state index contributed by atoms with van der Waals surface area (Å²) in [6.07, 6.45) is 1.46. The molecule has 3 heterocycles. The van der Waals surface area contributed by atoms with Crippen molar-refractivity contribution in [2.45, 2.75) is 12.8 Å². The molecule has 0 aliphatic rings. The van der Waals surface area contributed by atoms with Gasteiger partial charge in [0.05, 0.1) is 11.9 Å².